The summed E-state index contributed by atoms with van der Waals surface area (Å²) >= 11 is 0. The van der Waals surface area contributed by atoms with Crippen LogP contribution in [0.4, 0.5) is 11.4 Å². The molecule has 2 heteroatoms. The predicted molar refractivity (Wildman–Crippen MR) is 268 cm³/mol. The molecule has 9 rings (SSSR count). The molecular formula is C61H51NO. The Hall–Kier alpha value is -7.68. The van der Waals surface area contributed by atoms with E-state index in [0.29, 0.717) is 0 Å². The van der Waals surface area contributed by atoms with E-state index < -0.39 is 0 Å². The van der Waals surface area contributed by atoms with Crippen molar-refractivity contribution in [3.05, 3.63) is 275 Å². The highest BCUT2D eigenvalue weighted by atomic mass is 16.3. The zero-order chi connectivity index (χ0) is 42.8. The number of anilines is 2. The van der Waals surface area contributed by atoms with Crippen LogP contribution in [-0.2, 0) is 12.8 Å². The minimum atomic E-state index is 0.160. The van der Waals surface area contributed by atoms with Crippen molar-refractivity contribution in [1.82, 2.24) is 0 Å². The number of furan rings is 1. The van der Waals surface area contributed by atoms with E-state index in [4.69, 9.17) is 4.42 Å². The van der Waals surface area contributed by atoms with Crippen LogP contribution in [0.3, 0.4) is 0 Å². The molecule has 0 amide bonds. The molecule has 1 atom stereocenters. The fourth-order valence-corrected chi connectivity index (χ4v) is 8.59. The number of rotatable bonds is 13. The molecule has 0 saturated heterocycles. The second kappa shape index (κ2) is 19.4. The van der Waals surface area contributed by atoms with Crippen LogP contribution >= 0.6 is 0 Å². The fraction of sp³-hybridized carbons (Fsp3) is 0.0820. The molecule has 2 nitrogen and oxygen atoms in total. The van der Waals surface area contributed by atoms with Crippen LogP contribution in [0.2, 0.25) is 0 Å². The van der Waals surface area contributed by atoms with Crippen molar-refractivity contribution < 1.29 is 4.42 Å². The molecule has 63 heavy (non-hydrogen) atoms. The minimum absolute atomic E-state index is 0.160. The first-order valence-electron chi connectivity index (χ1n) is 22.0. The minimum Gasteiger partial charge on any atom is -0.456 e. The van der Waals surface area contributed by atoms with E-state index >= 15 is 0 Å². The van der Waals surface area contributed by atoms with Crippen LogP contribution in [0.25, 0.3) is 45.4 Å². The molecule has 0 radical (unpaired) electrons. The Bertz CT molecular complexity index is 3090. The molecule has 0 aliphatic heterocycles. The lowest BCUT2D eigenvalue weighted by Crippen LogP contribution is -2.19. The third-order valence-electron chi connectivity index (χ3n) is 11.8. The number of fused-ring (bicyclic) bond motifs is 3. The lowest BCUT2D eigenvalue weighted by atomic mass is 9.91. The van der Waals surface area contributed by atoms with Gasteiger partial charge in [0.1, 0.15) is 11.0 Å². The van der Waals surface area contributed by atoms with Gasteiger partial charge in [0.05, 0.1) is 0 Å². The van der Waals surface area contributed by atoms with Gasteiger partial charge in [0, 0.05) is 33.6 Å². The number of allylic oxidation sites excluding steroid dienone is 9. The maximum Gasteiger partial charge on any atom is 0.135 e. The summed E-state index contributed by atoms with van der Waals surface area (Å²) in [6.07, 6.45) is 21.8. The van der Waals surface area contributed by atoms with Gasteiger partial charge in [-0.3, -0.25) is 0 Å². The second-order valence-corrected chi connectivity index (χ2v) is 15.9. The number of nitrogens with zero attached hydrogens (tertiary/aromatic N) is 1. The molecule has 306 valence electrons. The molecular weight excluding hydrogens is 763 g/mol. The highest BCUT2D eigenvalue weighted by molar-refractivity contribution is 6.04. The summed E-state index contributed by atoms with van der Waals surface area (Å²) in [4.78, 5) is 2.37. The quantitative estimate of drug-likeness (QED) is 0.108. The first kappa shape index (κ1) is 40.7. The fourth-order valence-electron chi connectivity index (χ4n) is 8.59. The van der Waals surface area contributed by atoms with Crippen molar-refractivity contribution in [3.63, 3.8) is 0 Å². The summed E-state index contributed by atoms with van der Waals surface area (Å²) in [5.41, 5.74) is 16.0. The van der Waals surface area contributed by atoms with Crippen molar-refractivity contribution in [2.45, 2.75) is 32.6 Å². The van der Waals surface area contributed by atoms with E-state index in [1.807, 2.05) is 0 Å². The van der Waals surface area contributed by atoms with Gasteiger partial charge >= 0.3 is 0 Å². The van der Waals surface area contributed by atoms with Crippen molar-refractivity contribution in [3.8, 4) is 11.1 Å². The van der Waals surface area contributed by atoms with Crippen LogP contribution in [0.1, 0.15) is 47.6 Å². The molecule has 0 saturated carbocycles. The van der Waals surface area contributed by atoms with E-state index in [2.05, 4.69) is 261 Å². The number of benzene rings is 7. The summed E-state index contributed by atoms with van der Waals surface area (Å²) in [7, 11) is 0. The molecule has 0 bridgehead atoms. The van der Waals surface area contributed by atoms with E-state index in [0.717, 1.165) is 62.6 Å². The van der Waals surface area contributed by atoms with Gasteiger partial charge in [-0.1, -0.05) is 194 Å². The van der Waals surface area contributed by atoms with Crippen molar-refractivity contribution >= 4 is 45.6 Å². The highest BCUT2D eigenvalue weighted by Crippen LogP contribution is 2.36. The van der Waals surface area contributed by atoms with E-state index in [1.165, 1.54) is 39.0 Å². The van der Waals surface area contributed by atoms with Gasteiger partial charge in [-0.25, -0.2) is 0 Å². The third kappa shape index (κ3) is 9.32. The Morgan fingerprint density at radius 3 is 1.92 bits per heavy atom. The average Bonchev–Trinajstić information content (AvgIpc) is 3.55. The topological polar surface area (TPSA) is 16.4 Å². The lowest BCUT2D eigenvalue weighted by molar-refractivity contribution is 0.576. The normalized spacial score (nSPS) is 14.3. The standard InChI is InChI=1S/C61H51NO/c1-3-53(31-17-22-45-20-9-5-10-21-45)62(54-38-34-46(35-39-54)36-40-57(49-27-15-8-16-28-49)56(4-2)48-25-13-7-14-26-48)55-32-18-29-50(42-55)52-37-41-61-59(44-52)58-43-51(30-19-33-60(58)63-61)47-23-11-6-12-24-47/h3-21,23-35,37-44,51H,22,36H2,1-2H3/b31-17-,53-3+,56-4-,57-40-. The van der Waals surface area contributed by atoms with Crippen LogP contribution < -0.4 is 15.5 Å². The molecule has 1 unspecified atom stereocenters. The third-order valence-corrected chi connectivity index (χ3v) is 11.8. The number of hydrogen-bond donors (Lipinski definition) is 0. The van der Waals surface area contributed by atoms with Crippen LogP contribution in [0.15, 0.2) is 241 Å². The monoisotopic (exact) mass is 813 g/mol. The zero-order valence-electron chi connectivity index (χ0n) is 35.9. The number of hydrogen-bond acceptors (Lipinski definition) is 2. The van der Waals surface area contributed by atoms with Crippen LogP contribution in [-0.4, -0.2) is 0 Å². The van der Waals surface area contributed by atoms with Gasteiger partial charge in [-0.05, 0) is 125 Å². The van der Waals surface area contributed by atoms with Crippen molar-refractivity contribution in [2.24, 2.45) is 0 Å². The lowest BCUT2D eigenvalue weighted by Gasteiger charge is -2.27. The van der Waals surface area contributed by atoms with Gasteiger partial charge in [0.2, 0.25) is 0 Å². The smallest absolute Gasteiger partial charge is 0.135 e. The van der Waals surface area contributed by atoms with E-state index in [-0.39, 0.29) is 5.92 Å². The summed E-state index contributed by atoms with van der Waals surface area (Å²) < 4.78 is 6.41. The summed E-state index contributed by atoms with van der Waals surface area (Å²) in [6, 6.07) is 67.3. The highest BCUT2D eigenvalue weighted by Gasteiger charge is 2.16. The molecule has 1 heterocycles. The summed E-state index contributed by atoms with van der Waals surface area (Å²) in [6.45, 7) is 4.25. The Morgan fingerprint density at radius 1 is 0.571 bits per heavy atom. The second-order valence-electron chi connectivity index (χ2n) is 15.9. The van der Waals surface area contributed by atoms with Crippen molar-refractivity contribution in [2.75, 3.05) is 4.90 Å². The van der Waals surface area contributed by atoms with Gasteiger partial charge in [-0.2, -0.15) is 0 Å². The summed E-state index contributed by atoms with van der Waals surface area (Å²) in [5, 5.41) is 2.25. The van der Waals surface area contributed by atoms with Crippen molar-refractivity contribution in [1.29, 1.82) is 0 Å². The Kier molecular flexibility index (Phi) is 12.5. The Morgan fingerprint density at radius 2 is 1.22 bits per heavy atom. The molecule has 0 spiro atoms. The summed E-state index contributed by atoms with van der Waals surface area (Å²) in [5.74, 6) is 0.160. The largest absolute Gasteiger partial charge is 0.456 e. The molecule has 1 aromatic heterocycles. The van der Waals surface area contributed by atoms with Gasteiger partial charge in [-0.15, -0.1) is 0 Å². The van der Waals surface area contributed by atoms with Gasteiger partial charge in [0.15, 0.2) is 0 Å². The molecule has 1 aliphatic rings. The molecule has 0 N–H and O–H groups in total. The van der Waals surface area contributed by atoms with Gasteiger partial charge in [0.25, 0.3) is 0 Å². The van der Waals surface area contributed by atoms with Crippen LogP contribution in [0, 0.1) is 0 Å². The SMILES string of the molecule is C/C=C(\C(=C/Cc1ccc(N(C(/C=C\Cc2ccccc2)=C/C)c2cccc(-c3ccc4oc5c(c4c3)=CC(c3ccccc3)C=CC=5)c2)cc1)c1ccccc1)c1ccccc1. The molecule has 8 aromatic rings. The Labute approximate surface area is 371 Å². The maximum atomic E-state index is 6.41. The molecule has 7 aromatic carbocycles. The van der Waals surface area contributed by atoms with E-state index in [9.17, 15) is 0 Å². The maximum absolute atomic E-state index is 6.41. The first-order valence-corrected chi connectivity index (χ1v) is 22.0. The van der Waals surface area contributed by atoms with Gasteiger partial charge < -0.3 is 9.32 Å². The van der Waals surface area contributed by atoms with Crippen LogP contribution in [0.5, 0.6) is 0 Å². The zero-order valence-corrected chi connectivity index (χ0v) is 35.9. The Balaban J connectivity index is 1.07. The first-order chi connectivity index (χ1) is 31.1. The average molecular weight is 814 g/mol. The predicted octanol–water partition coefficient (Wildman–Crippen LogP) is 14.6. The van der Waals surface area contributed by atoms with E-state index in [1.54, 1.807) is 0 Å². The molecule has 1 aliphatic carbocycles. The molecule has 0 fully saturated rings.